The number of H-pyrrole nitrogens is 1. The molecule has 9 heteroatoms. The zero-order chi connectivity index (χ0) is 16.6. The maximum Gasteiger partial charge on any atom is 0.277 e. The molecule has 4 N–H and O–H groups in total. The first-order chi connectivity index (χ1) is 10.9. The average Bonchev–Trinajstić information content (AvgIpc) is 3.09. The van der Waals surface area contributed by atoms with Gasteiger partial charge >= 0.3 is 0 Å². The molecule has 0 aliphatic carbocycles. The lowest BCUT2D eigenvalue weighted by Crippen LogP contribution is -2.32. The van der Waals surface area contributed by atoms with Crippen molar-refractivity contribution in [2.24, 2.45) is 5.14 Å². The van der Waals surface area contributed by atoms with Crippen LogP contribution in [0.5, 0.6) is 0 Å². The number of carbonyl (C=O) groups is 1. The summed E-state index contributed by atoms with van der Waals surface area (Å²) in [5.41, 5.74) is 2.18. The number of nitrogens with one attached hydrogen (secondary N) is 2. The number of hydrogen-bond donors (Lipinski definition) is 3. The summed E-state index contributed by atoms with van der Waals surface area (Å²) in [6, 6.07) is 9.38. The molecule has 1 aliphatic heterocycles. The van der Waals surface area contributed by atoms with E-state index in [4.69, 9.17) is 5.14 Å². The molecule has 0 spiro atoms. The topological polar surface area (TPSA) is 121 Å². The highest BCUT2D eigenvalue weighted by atomic mass is 32.2. The fraction of sp³-hybridized carbons (Fsp3) is 0.286. The van der Waals surface area contributed by atoms with Crippen LogP contribution in [0.2, 0.25) is 0 Å². The number of benzene rings is 1. The van der Waals surface area contributed by atoms with E-state index in [0.29, 0.717) is 17.1 Å². The second-order valence-corrected chi connectivity index (χ2v) is 7.01. The van der Waals surface area contributed by atoms with Crippen molar-refractivity contribution in [2.75, 3.05) is 5.32 Å². The molecule has 3 rings (SSSR count). The van der Waals surface area contributed by atoms with Crippen LogP contribution in [0.15, 0.2) is 30.3 Å². The van der Waals surface area contributed by atoms with Crippen LogP contribution in [-0.4, -0.2) is 28.8 Å². The fourth-order valence-electron chi connectivity index (χ4n) is 2.51. The molecule has 2 heterocycles. The van der Waals surface area contributed by atoms with Crippen LogP contribution in [0.3, 0.4) is 0 Å². The number of nitrogens with two attached hydrogens (primary N) is 1. The third kappa shape index (κ3) is 3.11. The third-order valence-corrected chi connectivity index (χ3v) is 4.89. The molecule has 1 aromatic carbocycles. The van der Waals surface area contributed by atoms with Crippen molar-refractivity contribution in [1.82, 2.24) is 14.5 Å². The summed E-state index contributed by atoms with van der Waals surface area (Å²) in [6.45, 7) is 2.03. The Kier molecular flexibility index (Phi) is 3.92. The molecule has 0 saturated carbocycles. The molecular formula is C14H17N5O3S. The van der Waals surface area contributed by atoms with E-state index < -0.39 is 10.2 Å². The van der Waals surface area contributed by atoms with Crippen LogP contribution < -0.4 is 10.5 Å². The highest BCUT2D eigenvalue weighted by molar-refractivity contribution is 7.86. The molecular weight excluding hydrogens is 318 g/mol. The molecule has 2 aromatic rings. The van der Waals surface area contributed by atoms with Gasteiger partial charge < -0.3 is 5.32 Å². The molecule has 0 fully saturated rings. The Bertz CT molecular complexity index is 831. The van der Waals surface area contributed by atoms with Gasteiger partial charge in [-0.25, -0.2) is 5.14 Å². The van der Waals surface area contributed by atoms with E-state index in [9.17, 15) is 13.2 Å². The van der Waals surface area contributed by atoms with E-state index in [1.54, 1.807) is 6.92 Å². The Morgan fingerprint density at radius 1 is 1.35 bits per heavy atom. The Balaban J connectivity index is 1.75. The highest BCUT2D eigenvalue weighted by Gasteiger charge is 2.31. The number of amides is 1. The van der Waals surface area contributed by atoms with Crippen molar-refractivity contribution in [3.05, 3.63) is 47.2 Å². The minimum absolute atomic E-state index is 0.0972. The number of fused-ring (bicyclic) bond motifs is 1. The lowest BCUT2D eigenvalue weighted by molar-refractivity contribution is -0.117. The second-order valence-electron chi connectivity index (χ2n) is 5.46. The Morgan fingerprint density at radius 2 is 2.04 bits per heavy atom. The van der Waals surface area contributed by atoms with Crippen molar-refractivity contribution in [3.63, 3.8) is 0 Å². The van der Waals surface area contributed by atoms with Gasteiger partial charge in [0.1, 0.15) is 0 Å². The van der Waals surface area contributed by atoms with Crippen molar-refractivity contribution in [2.45, 2.75) is 25.9 Å². The number of aromatic amines is 1. The quantitative estimate of drug-likeness (QED) is 0.760. The summed E-state index contributed by atoms with van der Waals surface area (Å²) in [4.78, 5) is 12.4. The summed E-state index contributed by atoms with van der Waals surface area (Å²) in [7, 11) is -3.77. The van der Waals surface area contributed by atoms with Gasteiger partial charge in [0.25, 0.3) is 10.2 Å². The summed E-state index contributed by atoms with van der Waals surface area (Å²) >= 11 is 0. The van der Waals surface area contributed by atoms with Gasteiger partial charge in [-0.3, -0.25) is 9.89 Å². The van der Waals surface area contributed by atoms with E-state index >= 15 is 0 Å². The Morgan fingerprint density at radius 3 is 2.70 bits per heavy atom. The van der Waals surface area contributed by atoms with Gasteiger partial charge in [0, 0.05) is 12.1 Å². The average molecular weight is 335 g/mol. The van der Waals surface area contributed by atoms with Crippen molar-refractivity contribution in [3.8, 4) is 0 Å². The maximum absolute atomic E-state index is 12.4. The molecule has 0 bridgehead atoms. The third-order valence-electron chi connectivity index (χ3n) is 3.92. The molecule has 8 nitrogen and oxygen atoms in total. The monoisotopic (exact) mass is 335 g/mol. The molecule has 1 atom stereocenters. The zero-order valence-corrected chi connectivity index (χ0v) is 13.3. The van der Waals surface area contributed by atoms with E-state index in [2.05, 4.69) is 15.5 Å². The minimum atomic E-state index is -3.77. The first-order valence-corrected chi connectivity index (χ1v) is 8.56. The van der Waals surface area contributed by atoms with Crippen LogP contribution in [0, 0.1) is 0 Å². The largest absolute Gasteiger partial charge is 0.308 e. The van der Waals surface area contributed by atoms with Gasteiger partial charge in [-0.1, -0.05) is 30.3 Å². The molecule has 1 amide bonds. The van der Waals surface area contributed by atoms with Crippen molar-refractivity contribution < 1.29 is 13.2 Å². The van der Waals surface area contributed by atoms with Gasteiger partial charge in [-0.05, 0) is 12.5 Å². The van der Waals surface area contributed by atoms with E-state index in [0.717, 1.165) is 9.87 Å². The van der Waals surface area contributed by atoms with Gasteiger partial charge in [0.2, 0.25) is 5.91 Å². The lowest BCUT2D eigenvalue weighted by Gasteiger charge is -2.13. The summed E-state index contributed by atoms with van der Waals surface area (Å²) in [5, 5.41) is 14.7. The first kappa shape index (κ1) is 15.7. The van der Waals surface area contributed by atoms with Crippen LogP contribution in [0.25, 0.3) is 0 Å². The Hall–Kier alpha value is -2.23. The number of hydrogen-bond acceptors (Lipinski definition) is 4. The second kappa shape index (κ2) is 5.76. The number of aromatic nitrogens is 2. The summed E-state index contributed by atoms with van der Waals surface area (Å²) < 4.78 is 23.9. The van der Waals surface area contributed by atoms with Crippen LogP contribution in [0.4, 0.5) is 5.82 Å². The zero-order valence-electron chi connectivity index (χ0n) is 12.5. The van der Waals surface area contributed by atoms with Crippen LogP contribution in [0.1, 0.15) is 29.7 Å². The minimum Gasteiger partial charge on any atom is -0.308 e. The molecule has 1 aliphatic rings. The highest BCUT2D eigenvalue weighted by Crippen LogP contribution is 2.29. The van der Waals surface area contributed by atoms with Gasteiger partial charge in [0.05, 0.1) is 18.2 Å². The predicted octanol–water partition coefficient (Wildman–Crippen LogP) is 0.671. The molecule has 122 valence electrons. The molecule has 23 heavy (non-hydrogen) atoms. The summed E-state index contributed by atoms with van der Waals surface area (Å²) in [6.07, 6.45) is 0. The van der Waals surface area contributed by atoms with Crippen LogP contribution in [-0.2, 0) is 28.1 Å². The van der Waals surface area contributed by atoms with Crippen LogP contribution >= 0.6 is 0 Å². The fourth-order valence-corrected chi connectivity index (χ4v) is 3.13. The number of anilines is 1. The SMILES string of the molecule is CC(C(=O)Nc1n[nH]c2c1CN(S(N)(=O)=O)C2)c1ccccc1. The number of carbonyl (C=O) groups excluding carboxylic acids is 1. The standard InChI is InChI=1S/C14H17N5O3S/c1-9(10-5-3-2-4-6-10)14(20)16-13-11-7-19(23(15,21)22)8-12(11)17-18-13/h2-6,9H,7-8H2,1H3,(H2,15,21,22)(H2,16,17,18,20). The lowest BCUT2D eigenvalue weighted by atomic mass is 10.0. The van der Waals surface area contributed by atoms with Gasteiger partial charge in [0.15, 0.2) is 5.82 Å². The van der Waals surface area contributed by atoms with Gasteiger partial charge in [-0.2, -0.15) is 17.8 Å². The molecule has 1 aromatic heterocycles. The van der Waals surface area contributed by atoms with E-state index in [1.165, 1.54) is 0 Å². The summed E-state index contributed by atoms with van der Waals surface area (Å²) in [5.74, 6) is -0.210. The molecule has 0 radical (unpaired) electrons. The molecule has 0 saturated heterocycles. The first-order valence-electron chi connectivity index (χ1n) is 7.06. The van der Waals surface area contributed by atoms with E-state index in [1.807, 2.05) is 30.3 Å². The number of nitrogens with zero attached hydrogens (tertiary/aromatic N) is 2. The van der Waals surface area contributed by atoms with E-state index in [-0.39, 0.29) is 24.9 Å². The molecule has 1 unspecified atom stereocenters. The smallest absolute Gasteiger partial charge is 0.277 e. The maximum atomic E-state index is 12.4. The predicted molar refractivity (Wildman–Crippen MR) is 84.4 cm³/mol. The van der Waals surface area contributed by atoms with Gasteiger partial charge in [-0.15, -0.1) is 0 Å². The van der Waals surface area contributed by atoms with Crippen molar-refractivity contribution >= 4 is 21.9 Å². The normalized spacial score (nSPS) is 16.1. The number of rotatable bonds is 4. The van der Waals surface area contributed by atoms with Crippen molar-refractivity contribution in [1.29, 1.82) is 0 Å². The Labute approximate surface area is 133 Å².